The standard InChI is InChI=1S/C32H37N3O7S2/c1-23-12-14-26(22-29(23)43(37,38)34-17-8-4-5-9-18-34)33-31(36)15-13-24-20-28(41-2)32(42-3)30(21-24)44(39,40)35-19-16-25-10-6-7-11-27(25)35/h6-7,10-15,20-22H,4-5,8-9,16-19H2,1-3H3,(H,33,36)/b15-13+. The topological polar surface area (TPSA) is 122 Å². The van der Waals surface area contributed by atoms with Crippen LogP contribution in [-0.2, 0) is 31.3 Å². The number of nitrogens with one attached hydrogen (secondary N) is 1. The van der Waals surface area contributed by atoms with Gasteiger partial charge < -0.3 is 14.8 Å². The zero-order valence-electron chi connectivity index (χ0n) is 25.1. The number of hydrogen-bond acceptors (Lipinski definition) is 7. The third-order valence-corrected chi connectivity index (χ3v) is 11.8. The van der Waals surface area contributed by atoms with E-state index in [1.807, 2.05) is 12.1 Å². The van der Waals surface area contributed by atoms with E-state index in [9.17, 15) is 21.6 Å². The lowest BCUT2D eigenvalue weighted by molar-refractivity contribution is -0.111. The second kappa shape index (κ2) is 13.0. The number of rotatable bonds is 9. The maximum Gasteiger partial charge on any atom is 0.268 e. The Morgan fingerprint density at radius 1 is 0.841 bits per heavy atom. The summed E-state index contributed by atoms with van der Waals surface area (Å²) in [6.07, 6.45) is 6.98. The van der Waals surface area contributed by atoms with Gasteiger partial charge in [0.05, 0.1) is 24.8 Å². The number of fused-ring (bicyclic) bond motifs is 1. The molecule has 0 radical (unpaired) electrons. The van der Waals surface area contributed by atoms with Crippen molar-refractivity contribution in [2.24, 2.45) is 0 Å². The van der Waals surface area contributed by atoms with Crippen LogP contribution in [0.3, 0.4) is 0 Å². The number of sulfonamides is 2. The molecule has 3 aromatic rings. The number of ether oxygens (including phenoxy) is 2. The van der Waals surface area contributed by atoms with Crippen LogP contribution >= 0.6 is 0 Å². The van der Waals surface area contributed by atoms with Gasteiger partial charge in [0.25, 0.3) is 10.0 Å². The van der Waals surface area contributed by atoms with Crippen LogP contribution in [0, 0.1) is 6.92 Å². The van der Waals surface area contributed by atoms with Crippen LogP contribution in [0.5, 0.6) is 11.5 Å². The first-order valence-electron chi connectivity index (χ1n) is 14.5. The van der Waals surface area contributed by atoms with Crippen LogP contribution in [0.15, 0.2) is 70.5 Å². The number of methoxy groups -OCH3 is 2. The Kier molecular flexibility index (Phi) is 9.33. The van der Waals surface area contributed by atoms with Gasteiger partial charge in [0.15, 0.2) is 11.5 Å². The van der Waals surface area contributed by atoms with Crippen LogP contribution in [0.25, 0.3) is 6.08 Å². The van der Waals surface area contributed by atoms with Crippen molar-refractivity contribution < 1.29 is 31.1 Å². The van der Waals surface area contributed by atoms with Crippen LogP contribution in [0.2, 0.25) is 0 Å². The van der Waals surface area contributed by atoms with E-state index in [1.165, 1.54) is 47.1 Å². The molecule has 0 saturated carbocycles. The largest absolute Gasteiger partial charge is 0.493 e. The summed E-state index contributed by atoms with van der Waals surface area (Å²) >= 11 is 0. The zero-order chi connectivity index (χ0) is 31.5. The maximum absolute atomic E-state index is 13.9. The first-order chi connectivity index (χ1) is 21.1. The van der Waals surface area contributed by atoms with Gasteiger partial charge >= 0.3 is 0 Å². The molecule has 0 bridgehead atoms. The van der Waals surface area contributed by atoms with Gasteiger partial charge in [-0.2, -0.15) is 4.31 Å². The van der Waals surface area contributed by atoms with Crippen LogP contribution in [0.4, 0.5) is 11.4 Å². The average Bonchev–Trinajstić information content (AvgIpc) is 3.26. The van der Waals surface area contributed by atoms with Crippen molar-refractivity contribution in [3.05, 3.63) is 77.4 Å². The fourth-order valence-electron chi connectivity index (χ4n) is 5.65. The molecule has 0 unspecified atom stereocenters. The highest BCUT2D eigenvalue weighted by Gasteiger charge is 2.34. The van der Waals surface area contributed by atoms with Crippen molar-refractivity contribution in [3.8, 4) is 11.5 Å². The molecule has 12 heteroatoms. The molecule has 1 saturated heterocycles. The van der Waals surface area contributed by atoms with Crippen LogP contribution in [0.1, 0.15) is 42.4 Å². The highest BCUT2D eigenvalue weighted by Crippen LogP contribution is 2.40. The molecule has 2 heterocycles. The summed E-state index contributed by atoms with van der Waals surface area (Å²) in [5, 5.41) is 2.73. The van der Waals surface area contributed by atoms with Gasteiger partial charge in [0.1, 0.15) is 4.90 Å². The summed E-state index contributed by atoms with van der Waals surface area (Å²) in [6.45, 7) is 2.99. The molecule has 5 rings (SSSR count). The van der Waals surface area contributed by atoms with Crippen molar-refractivity contribution >= 4 is 43.4 Å². The molecule has 0 aliphatic carbocycles. The molecular formula is C32H37N3O7S2. The Balaban J connectivity index is 1.40. The van der Waals surface area contributed by atoms with Gasteiger partial charge in [-0.1, -0.05) is 37.1 Å². The van der Waals surface area contributed by atoms with E-state index in [2.05, 4.69) is 5.32 Å². The molecule has 44 heavy (non-hydrogen) atoms. The lowest BCUT2D eigenvalue weighted by Gasteiger charge is -2.22. The minimum Gasteiger partial charge on any atom is -0.493 e. The van der Waals surface area contributed by atoms with E-state index in [0.29, 0.717) is 48.6 Å². The van der Waals surface area contributed by atoms with Crippen LogP contribution < -0.4 is 19.1 Å². The third-order valence-electron chi connectivity index (χ3n) is 7.95. The van der Waals surface area contributed by atoms with Gasteiger partial charge in [-0.15, -0.1) is 0 Å². The quantitative estimate of drug-likeness (QED) is 0.328. The van der Waals surface area contributed by atoms with Gasteiger partial charge in [-0.05, 0) is 79.3 Å². The first-order valence-corrected chi connectivity index (χ1v) is 17.4. The number of amides is 1. The van der Waals surface area contributed by atoms with Crippen molar-refractivity contribution in [1.29, 1.82) is 0 Å². The fourth-order valence-corrected chi connectivity index (χ4v) is 9.12. The number of aryl methyl sites for hydroxylation is 1. The number of carbonyl (C=O) groups excluding carboxylic acids is 1. The molecule has 0 spiro atoms. The summed E-state index contributed by atoms with van der Waals surface area (Å²) in [4.78, 5) is 13.0. The number of para-hydroxylation sites is 1. The predicted molar refractivity (Wildman–Crippen MR) is 170 cm³/mol. The molecule has 3 aromatic carbocycles. The number of benzene rings is 3. The molecule has 234 valence electrons. The highest BCUT2D eigenvalue weighted by molar-refractivity contribution is 7.93. The Bertz CT molecular complexity index is 1800. The fraction of sp³-hybridized carbons (Fsp3) is 0.344. The number of hydrogen-bond donors (Lipinski definition) is 1. The van der Waals surface area contributed by atoms with Crippen molar-refractivity contribution in [3.63, 3.8) is 0 Å². The molecule has 1 fully saturated rings. The lowest BCUT2D eigenvalue weighted by atomic mass is 10.2. The van der Waals surface area contributed by atoms with Crippen LogP contribution in [-0.4, -0.2) is 60.9 Å². The Hall–Kier alpha value is -3.87. The summed E-state index contributed by atoms with van der Waals surface area (Å²) < 4.78 is 68.4. The van der Waals surface area contributed by atoms with Gasteiger partial charge in [0, 0.05) is 31.4 Å². The molecular weight excluding hydrogens is 603 g/mol. The Morgan fingerprint density at radius 3 is 2.27 bits per heavy atom. The summed E-state index contributed by atoms with van der Waals surface area (Å²) in [7, 11) is -4.96. The minimum atomic E-state index is -4.04. The highest BCUT2D eigenvalue weighted by atomic mass is 32.2. The summed E-state index contributed by atoms with van der Waals surface area (Å²) in [5.74, 6) is -0.251. The second-order valence-corrected chi connectivity index (χ2v) is 14.6. The lowest BCUT2D eigenvalue weighted by Crippen LogP contribution is -2.32. The van der Waals surface area contributed by atoms with E-state index >= 15 is 0 Å². The number of anilines is 2. The number of carbonyl (C=O) groups is 1. The minimum absolute atomic E-state index is 0.0660. The third kappa shape index (κ3) is 6.33. The summed E-state index contributed by atoms with van der Waals surface area (Å²) in [6, 6.07) is 15.2. The zero-order valence-corrected chi connectivity index (χ0v) is 26.7. The molecule has 0 atom stereocenters. The van der Waals surface area contributed by atoms with Gasteiger partial charge in [-0.25, -0.2) is 16.8 Å². The molecule has 0 aromatic heterocycles. The van der Waals surface area contributed by atoms with E-state index in [4.69, 9.17) is 9.47 Å². The van der Waals surface area contributed by atoms with Gasteiger partial charge in [-0.3, -0.25) is 9.10 Å². The molecule has 1 N–H and O–H groups in total. The van der Waals surface area contributed by atoms with Gasteiger partial charge in [0.2, 0.25) is 15.9 Å². The molecule has 10 nitrogen and oxygen atoms in total. The van der Waals surface area contributed by atoms with Crippen molar-refractivity contribution in [2.45, 2.75) is 48.8 Å². The van der Waals surface area contributed by atoms with Crippen molar-refractivity contribution in [1.82, 2.24) is 4.31 Å². The van der Waals surface area contributed by atoms with E-state index in [1.54, 1.807) is 37.3 Å². The van der Waals surface area contributed by atoms with E-state index in [-0.39, 0.29) is 21.3 Å². The summed E-state index contributed by atoms with van der Waals surface area (Å²) in [5.41, 5.74) is 2.89. The van der Waals surface area contributed by atoms with E-state index < -0.39 is 26.0 Å². The number of nitrogens with zero attached hydrogens (tertiary/aromatic N) is 2. The Labute approximate surface area is 259 Å². The SMILES string of the molecule is COc1cc(/C=C/C(=O)Nc2ccc(C)c(S(=O)(=O)N3CCCCCC3)c2)cc(S(=O)(=O)N2CCc3ccccc32)c1OC. The van der Waals surface area contributed by atoms with Crippen molar-refractivity contribution in [2.75, 3.05) is 43.5 Å². The predicted octanol–water partition coefficient (Wildman–Crippen LogP) is 4.98. The van der Waals surface area contributed by atoms with E-state index in [0.717, 1.165) is 31.2 Å². The smallest absolute Gasteiger partial charge is 0.268 e. The molecule has 1 amide bonds. The molecule has 2 aliphatic rings. The molecule has 2 aliphatic heterocycles. The maximum atomic E-state index is 13.9. The normalized spacial score (nSPS) is 16.0. The Morgan fingerprint density at radius 2 is 1.57 bits per heavy atom. The monoisotopic (exact) mass is 639 g/mol. The average molecular weight is 640 g/mol. The first kappa shape index (κ1) is 31.6. The second-order valence-electron chi connectivity index (χ2n) is 10.8.